The molecular formula is C18H30O4. The molecule has 22 heavy (non-hydrogen) atoms. The van der Waals surface area contributed by atoms with Gasteiger partial charge in [0.1, 0.15) is 0 Å². The molecule has 0 saturated heterocycles. The number of ether oxygens (including phenoxy) is 4. The van der Waals surface area contributed by atoms with Gasteiger partial charge in [0, 0.05) is 0 Å². The second-order valence-electron chi connectivity index (χ2n) is 5.23. The van der Waals surface area contributed by atoms with Crippen molar-refractivity contribution in [2.75, 3.05) is 26.4 Å². The molecule has 4 heteroatoms. The molecule has 126 valence electrons. The maximum absolute atomic E-state index is 5.46. The van der Waals surface area contributed by atoms with Crippen molar-refractivity contribution in [2.24, 2.45) is 11.3 Å². The number of hydrogen-bond acceptors (Lipinski definition) is 4. The Bertz CT molecular complexity index is 294. The highest BCUT2D eigenvalue weighted by molar-refractivity contribution is 4.86. The summed E-state index contributed by atoms with van der Waals surface area (Å²) in [7, 11) is 0. The highest BCUT2D eigenvalue weighted by atomic mass is 16.5. The number of rotatable bonds is 16. The van der Waals surface area contributed by atoms with E-state index in [1.54, 1.807) is 0 Å². The molecule has 0 heterocycles. The van der Waals surface area contributed by atoms with E-state index in [-0.39, 0.29) is 5.41 Å². The second kappa shape index (κ2) is 12.9. The summed E-state index contributed by atoms with van der Waals surface area (Å²) >= 11 is 0. The molecule has 0 saturated carbocycles. The van der Waals surface area contributed by atoms with Gasteiger partial charge in [0.2, 0.25) is 0 Å². The van der Waals surface area contributed by atoms with Gasteiger partial charge in [0.25, 0.3) is 0 Å². The van der Waals surface area contributed by atoms with Crippen molar-refractivity contribution in [3.8, 4) is 0 Å². The molecule has 0 aromatic heterocycles. The fraction of sp³-hybridized carbons (Fsp3) is 0.556. The molecule has 0 spiro atoms. The maximum atomic E-state index is 5.46. The van der Waals surface area contributed by atoms with E-state index in [0.29, 0.717) is 32.3 Å². The lowest BCUT2D eigenvalue weighted by Gasteiger charge is -2.37. The van der Waals surface area contributed by atoms with Gasteiger partial charge in [-0.3, -0.25) is 0 Å². The highest BCUT2D eigenvalue weighted by Crippen LogP contribution is 2.33. The molecule has 1 atom stereocenters. The minimum Gasteiger partial charge on any atom is -0.502 e. The smallest absolute Gasteiger partial charge is 0.0997 e. The first-order valence-corrected chi connectivity index (χ1v) is 7.57. The van der Waals surface area contributed by atoms with Crippen LogP contribution in [-0.4, -0.2) is 26.4 Å². The van der Waals surface area contributed by atoms with E-state index in [2.05, 4.69) is 33.2 Å². The van der Waals surface area contributed by atoms with Crippen molar-refractivity contribution >= 4 is 0 Å². The Labute approximate surface area is 135 Å². The van der Waals surface area contributed by atoms with Crippen LogP contribution in [0.4, 0.5) is 0 Å². The molecule has 0 aliphatic rings. The lowest BCUT2D eigenvalue weighted by atomic mass is 9.75. The molecule has 0 aromatic carbocycles. The van der Waals surface area contributed by atoms with Gasteiger partial charge in [-0.15, -0.1) is 0 Å². The fourth-order valence-electron chi connectivity index (χ4n) is 2.25. The van der Waals surface area contributed by atoms with Crippen LogP contribution in [0.25, 0.3) is 0 Å². The molecule has 0 aromatic rings. The van der Waals surface area contributed by atoms with Crippen molar-refractivity contribution in [3.05, 3.63) is 51.4 Å². The zero-order chi connectivity index (χ0) is 16.7. The Balaban J connectivity index is 4.71. The van der Waals surface area contributed by atoms with Gasteiger partial charge in [-0.2, -0.15) is 0 Å². The molecule has 0 radical (unpaired) electrons. The minimum atomic E-state index is -0.282. The summed E-state index contributed by atoms with van der Waals surface area (Å²) in [6, 6.07) is 0. The van der Waals surface area contributed by atoms with Crippen LogP contribution in [0.5, 0.6) is 0 Å². The Morgan fingerprint density at radius 1 is 0.773 bits per heavy atom. The summed E-state index contributed by atoms with van der Waals surface area (Å²) < 4.78 is 21.5. The quantitative estimate of drug-likeness (QED) is 0.312. The van der Waals surface area contributed by atoms with Crippen LogP contribution in [0.1, 0.15) is 26.2 Å². The topological polar surface area (TPSA) is 36.9 Å². The summed E-state index contributed by atoms with van der Waals surface area (Å²) in [4.78, 5) is 0. The standard InChI is InChI=1S/C18H30O4/c1-6-19-13-11-10-12-17(5)18(14-20-7-2,15-21-8-3)16-22-9-4/h6-9,17H,1-4,10-16H2,5H3. The van der Waals surface area contributed by atoms with E-state index >= 15 is 0 Å². The number of unbranched alkanes of at least 4 members (excludes halogenated alkanes) is 1. The van der Waals surface area contributed by atoms with Crippen molar-refractivity contribution in [2.45, 2.75) is 26.2 Å². The SMILES string of the molecule is C=COCCCCC(C)C(COC=C)(COC=C)COC=C. The van der Waals surface area contributed by atoms with E-state index < -0.39 is 0 Å². The lowest BCUT2D eigenvalue weighted by Crippen LogP contribution is -2.42. The largest absolute Gasteiger partial charge is 0.502 e. The Morgan fingerprint density at radius 2 is 1.23 bits per heavy atom. The molecule has 1 unspecified atom stereocenters. The predicted molar refractivity (Wildman–Crippen MR) is 90.0 cm³/mol. The summed E-state index contributed by atoms with van der Waals surface area (Å²) in [5.41, 5.74) is -0.282. The van der Waals surface area contributed by atoms with Crippen molar-refractivity contribution in [3.63, 3.8) is 0 Å². The molecule has 0 aliphatic carbocycles. The Morgan fingerprint density at radius 3 is 1.64 bits per heavy atom. The van der Waals surface area contributed by atoms with Gasteiger partial charge in [0.15, 0.2) is 0 Å². The molecular weight excluding hydrogens is 280 g/mol. The normalized spacial score (nSPS) is 11.9. The van der Waals surface area contributed by atoms with E-state index in [1.807, 2.05) is 0 Å². The van der Waals surface area contributed by atoms with Gasteiger partial charge < -0.3 is 18.9 Å². The summed E-state index contributed by atoms with van der Waals surface area (Å²) in [5.74, 6) is 0.330. The third-order valence-electron chi connectivity index (χ3n) is 3.78. The van der Waals surface area contributed by atoms with Crippen LogP contribution in [0.3, 0.4) is 0 Å². The van der Waals surface area contributed by atoms with Crippen molar-refractivity contribution in [1.82, 2.24) is 0 Å². The third-order valence-corrected chi connectivity index (χ3v) is 3.78. The first-order chi connectivity index (χ1) is 10.7. The van der Waals surface area contributed by atoms with Crippen molar-refractivity contribution in [1.29, 1.82) is 0 Å². The van der Waals surface area contributed by atoms with E-state index in [4.69, 9.17) is 18.9 Å². The molecule has 4 nitrogen and oxygen atoms in total. The molecule has 0 aliphatic heterocycles. The van der Waals surface area contributed by atoms with Crippen LogP contribution in [0.2, 0.25) is 0 Å². The summed E-state index contributed by atoms with van der Waals surface area (Å²) in [5, 5.41) is 0. The van der Waals surface area contributed by atoms with Gasteiger partial charge in [0.05, 0.1) is 56.9 Å². The first-order valence-electron chi connectivity index (χ1n) is 7.57. The van der Waals surface area contributed by atoms with Crippen LogP contribution < -0.4 is 0 Å². The van der Waals surface area contributed by atoms with Gasteiger partial charge in [-0.05, 0) is 25.2 Å². The zero-order valence-corrected chi connectivity index (χ0v) is 13.8. The molecule has 0 fully saturated rings. The average molecular weight is 310 g/mol. The van der Waals surface area contributed by atoms with Crippen LogP contribution >= 0.6 is 0 Å². The first kappa shape index (κ1) is 20.2. The number of hydrogen-bond donors (Lipinski definition) is 0. The minimum absolute atomic E-state index is 0.282. The molecule has 0 rings (SSSR count). The van der Waals surface area contributed by atoms with Crippen LogP contribution in [0, 0.1) is 11.3 Å². The van der Waals surface area contributed by atoms with E-state index in [1.165, 1.54) is 25.0 Å². The monoisotopic (exact) mass is 310 g/mol. The van der Waals surface area contributed by atoms with Crippen LogP contribution in [0.15, 0.2) is 51.4 Å². The molecule has 0 bridgehead atoms. The Kier molecular flexibility index (Phi) is 11.8. The molecule has 0 N–H and O–H groups in total. The molecule has 0 amide bonds. The Hall–Kier alpha value is -1.84. The summed E-state index contributed by atoms with van der Waals surface area (Å²) in [6.07, 6.45) is 8.86. The zero-order valence-electron chi connectivity index (χ0n) is 13.8. The maximum Gasteiger partial charge on any atom is 0.0997 e. The fourth-order valence-corrected chi connectivity index (χ4v) is 2.25. The lowest BCUT2D eigenvalue weighted by molar-refractivity contribution is -0.0478. The van der Waals surface area contributed by atoms with E-state index in [0.717, 1.165) is 19.3 Å². The van der Waals surface area contributed by atoms with Gasteiger partial charge in [-0.1, -0.05) is 33.2 Å². The third kappa shape index (κ3) is 7.81. The van der Waals surface area contributed by atoms with Crippen molar-refractivity contribution < 1.29 is 18.9 Å². The average Bonchev–Trinajstić information content (AvgIpc) is 2.54. The second-order valence-corrected chi connectivity index (χ2v) is 5.23. The predicted octanol–water partition coefficient (Wildman–Crippen LogP) is 4.42. The van der Waals surface area contributed by atoms with Crippen LogP contribution in [-0.2, 0) is 18.9 Å². The van der Waals surface area contributed by atoms with Gasteiger partial charge >= 0.3 is 0 Å². The highest BCUT2D eigenvalue weighted by Gasteiger charge is 2.38. The van der Waals surface area contributed by atoms with Gasteiger partial charge in [-0.25, -0.2) is 0 Å². The van der Waals surface area contributed by atoms with E-state index in [9.17, 15) is 0 Å². The summed E-state index contributed by atoms with van der Waals surface area (Å²) in [6.45, 7) is 18.7.